The highest BCUT2D eigenvalue weighted by atomic mass is 32.1. The summed E-state index contributed by atoms with van der Waals surface area (Å²) in [6.07, 6.45) is 3.30. The number of amides is 1. The van der Waals surface area contributed by atoms with Crippen LogP contribution < -0.4 is 11.1 Å². The monoisotopic (exact) mass is 267 g/mol. The molecule has 3 N–H and O–H groups in total. The van der Waals surface area contributed by atoms with E-state index in [1.54, 1.807) is 29.6 Å². The summed E-state index contributed by atoms with van der Waals surface area (Å²) in [5.41, 5.74) is 6.39. The molecule has 7 nitrogen and oxygen atoms in total. The fraction of sp³-hybridized carbons (Fsp3) is 0.300. The summed E-state index contributed by atoms with van der Waals surface area (Å²) in [5, 5.41) is 8.76. The Bertz CT molecular complexity index is 536. The summed E-state index contributed by atoms with van der Waals surface area (Å²) >= 11 is 1.23. The van der Waals surface area contributed by atoms with E-state index in [4.69, 9.17) is 10.5 Å². The first-order valence-corrected chi connectivity index (χ1v) is 6.11. The van der Waals surface area contributed by atoms with Gasteiger partial charge in [-0.1, -0.05) is 0 Å². The summed E-state index contributed by atoms with van der Waals surface area (Å²) in [6.45, 7) is 1.20. The number of nitrogens with zero attached hydrogens (tertiary/aromatic N) is 3. The number of methoxy groups -OCH3 is 1. The molecule has 2 rings (SSSR count). The molecule has 96 valence electrons. The van der Waals surface area contributed by atoms with Gasteiger partial charge in [0.2, 0.25) is 0 Å². The van der Waals surface area contributed by atoms with Crippen molar-refractivity contribution in [2.45, 2.75) is 6.54 Å². The van der Waals surface area contributed by atoms with Gasteiger partial charge in [-0.05, 0) is 0 Å². The van der Waals surface area contributed by atoms with Crippen molar-refractivity contribution in [2.75, 3.05) is 24.8 Å². The molecular formula is C10H13N5O2S. The third kappa shape index (κ3) is 3.05. The standard InChI is InChI=1S/C10H13N5O2S/c1-17-3-2-15-5-7(4-12-15)13-9(16)8-6-18-10(11)14-8/h4-6H,2-3H2,1H3,(H2,11,14)(H,13,16). The molecule has 1 amide bonds. The molecule has 0 aliphatic heterocycles. The van der Waals surface area contributed by atoms with Gasteiger partial charge in [-0.15, -0.1) is 11.3 Å². The van der Waals surface area contributed by atoms with Crippen molar-refractivity contribution in [3.63, 3.8) is 0 Å². The van der Waals surface area contributed by atoms with Gasteiger partial charge < -0.3 is 15.8 Å². The van der Waals surface area contributed by atoms with E-state index in [1.807, 2.05) is 0 Å². The Morgan fingerprint density at radius 1 is 1.67 bits per heavy atom. The molecule has 2 heterocycles. The average Bonchev–Trinajstić information content (AvgIpc) is 2.96. The average molecular weight is 267 g/mol. The lowest BCUT2D eigenvalue weighted by molar-refractivity contribution is 0.102. The number of carbonyl (C=O) groups excluding carboxylic acids is 1. The van der Waals surface area contributed by atoms with Crippen LogP contribution in [-0.2, 0) is 11.3 Å². The minimum absolute atomic E-state index is 0.297. The lowest BCUT2D eigenvalue weighted by atomic mass is 10.4. The predicted octanol–water partition coefficient (Wildman–Crippen LogP) is 0.821. The van der Waals surface area contributed by atoms with Crippen LogP contribution in [0.15, 0.2) is 17.8 Å². The Morgan fingerprint density at radius 3 is 3.17 bits per heavy atom. The zero-order valence-electron chi connectivity index (χ0n) is 9.79. The quantitative estimate of drug-likeness (QED) is 0.836. The maximum atomic E-state index is 11.8. The number of nitrogen functional groups attached to an aromatic ring is 1. The van der Waals surface area contributed by atoms with E-state index in [0.717, 1.165) is 0 Å². The molecule has 0 aromatic carbocycles. The zero-order chi connectivity index (χ0) is 13.0. The van der Waals surface area contributed by atoms with Crippen molar-refractivity contribution in [2.24, 2.45) is 0 Å². The molecule has 8 heteroatoms. The van der Waals surface area contributed by atoms with Crippen molar-refractivity contribution < 1.29 is 9.53 Å². The van der Waals surface area contributed by atoms with Gasteiger partial charge in [0, 0.05) is 18.7 Å². The normalized spacial score (nSPS) is 10.5. The number of carbonyl (C=O) groups is 1. The van der Waals surface area contributed by atoms with Crippen LogP contribution in [0, 0.1) is 0 Å². The molecule has 0 saturated carbocycles. The highest BCUT2D eigenvalue weighted by Gasteiger charge is 2.10. The maximum absolute atomic E-state index is 11.8. The second-order valence-electron chi connectivity index (χ2n) is 3.51. The van der Waals surface area contributed by atoms with Gasteiger partial charge in [0.1, 0.15) is 5.69 Å². The molecule has 0 spiro atoms. The lowest BCUT2D eigenvalue weighted by Crippen LogP contribution is -2.12. The van der Waals surface area contributed by atoms with Crippen molar-refractivity contribution in [3.05, 3.63) is 23.5 Å². The van der Waals surface area contributed by atoms with Gasteiger partial charge in [0.05, 0.1) is 25.0 Å². The van der Waals surface area contributed by atoms with Crippen LogP contribution in [0.25, 0.3) is 0 Å². The van der Waals surface area contributed by atoms with Crippen LogP contribution in [0.1, 0.15) is 10.5 Å². The molecule has 0 bridgehead atoms. The molecular weight excluding hydrogens is 254 g/mol. The van der Waals surface area contributed by atoms with E-state index in [2.05, 4.69) is 15.4 Å². The number of anilines is 2. The highest BCUT2D eigenvalue weighted by molar-refractivity contribution is 7.13. The smallest absolute Gasteiger partial charge is 0.275 e. The van der Waals surface area contributed by atoms with Crippen LogP contribution in [0.5, 0.6) is 0 Å². The van der Waals surface area contributed by atoms with E-state index in [-0.39, 0.29) is 5.91 Å². The number of ether oxygens (including phenoxy) is 1. The molecule has 0 aliphatic rings. The lowest BCUT2D eigenvalue weighted by Gasteiger charge is -1.99. The molecule has 0 aliphatic carbocycles. The minimum atomic E-state index is -0.297. The van der Waals surface area contributed by atoms with Gasteiger partial charge in [0.15, 0.2) is 5.13 Å². The Balaban J connectivity index is 1.97. The SMILES string of the molecule is COCCn1cc(NC(=O)c2csc(N)n2)cn1. The van der Waals surface area contributed by atoms with E-state index in [1.165, 1.54) is 11.3 Å². The predicted molar refractivity (Wildman–Crippen MR) is 68.6 cm³/mol. The third-order valence-corrected chi connectivity index (χ3v) is 2.84. The summed E-state index contributed by atoms with van der Waals surface area (Å²) in [5.74, 6) is -0.297. The first-order valence-electron chi connectivity index (χ1n) is 5.23. The number of aromatic nitrogens is 3. The Hall–Kier alpha value is -1.93. The highest BCUT2D eigenvalue weighted by Crippen LogP contribution is 2.13. The number of hydrogen-bond donors (Lipinski definition) is 2. The molecule has 2 aromatic heterocycles. The number of thiazole rings is 1. The van der Waals surface area contributed by atoms with Gasteiger partial charge >= 0.3 is 0 Å². The topological polar surface area (TPSA) is 95.1 Å². The number of rotatable bonds is 5. The molecule has 0 saturated heterocycles. The van der Waals surface area contributed by atoms with Gasteiger partial charge in [0.25, 0.3) is 5.91 Å². The molecule has 0 radical (unpaired) electrons. The number of nitrogens with one attached hydrogen (secondary N) is 1. The van der Waals surface area contributed by atoms with Crippen LogP contribution in [0.3, 0.4) is 0 Å². The van der Waals surface area contributed by atoms with Gasteiger partial charge in [-0.25, -0.2) is 4.98 Å². The Morgan fingerprint density at radius 2 is 2.50 bits per heavy atom. The van der Waals surface area contributed by atoms with Crippen LogP contribution in [0.2, 0.25) is 0 Å². The maximum Gasteiger partial charge on any atom is 0.275 e. The van der Waals surface area contributed by atoms with E-state index in [0.29, 0.717) is 29.7 Å². The summed E-state index contributed by atoms with van der Waals surface area (Å²) in [7, 11) is 1.62. The Labute approximate surface area is 108 Å². The largest absolute Gasteiger partial charge is 0.383 e. The molecule has 0 atom stereocenters. The molecule has 18 heavy (non-hydrogen) atoms. The van der Waals surface area contributed by atoms with Crippen molar-refractivity contribution in [1.82, 2.24) is 14.8 Å². The third-order valence-electron chi connectivity index (χ3n) is 2.17. The number of hydrogen-bond acceptors (Lipinski definition) is 6. The first-order chi connectivity index (χ1) is 8.69. The molecule has 0 fully saturated rings. The second kappa shape index (κ2) is 5.61. The van der Waals surface area contributed by atoms with Crippen molar-refractivity contribution in [1.29, 1.82) is 0 Å². The summed E-state index contributed by atoms with van der Waals surface area (Å²) in [6, 6.07) is 0. The van der Waals surface area contributed by atoms with Crippen LogP contribution >= 0.6 is 11.3 Å². The van der Waals surface area contributed by atoms with Crippen molar-refractivity contribution >= 4 is 28.1 Å². The van der Waals surface area contributed by atoms with Crippen LogP contribution in [-0.4, -0.2) is 34.4 Å². The summed E-state index contributed by atoms with van der Waals surface area (Å²) < 4.78 is 6.63. The van der Waals surface area contributed by atoms with Crippen LogP contribution in [0.4, 0.5) is 10.8 Å². The minimum Gasteiger partial charge on any atom is -0.383 e. The van der Waals surface area contributed by atoms with Gasteiger partial charge in [-0.2, -0.15) is 5.10 Å². The fourth-order valence-corrected chi connectivity index (χ4v) is 1.87. The van der Waals surface area contributed by atoms with E-state index >= 15 is 0 Å². The van der Waals surface area contributed by atoms with Gasteiger partial charge in [-0.3, -0.25) is 9.48 Å². The first kappa shape index (κ1) is 12.5. The number of nitrogens with two attached hydrogens (primary N) is 1. The molecule has 2 aromatic rings. The van der Waals surface area contributed by atoms with E-state index in [9.17, 15) is 4.79 Å². The summed E-state index contributed by atoms with van der Waals surface area (Å²) in [4.78, 5) is 15.7. The fourth-order valence-electron chi connectivity index (χ4n) is 1.32. The van der Waals surface area contributed by atoms with E-state index < -0.39 is 0 Å². The molecule has 0 unspecified atom stereocenters. The van der Waals surface area contributed by atoms with Crippen molar-refractivity contribution in [3.8, 4) is 0 Å². The second-order valence-corrected chi connectivity index (χ2v) is 4.40. The Kier molecular flexibility index (Phi) is 3.90. The zero-order valence-corrected chi connectivity index (χ0v) is 10.6.